The molecule has 0 aliphatic carbocycles. The normalized spacial score (nSPS) is 14.3. The van der Waals surface area contributed by atoms with Crippen LogP contribution in [0.2, 0.25) is 0 Å². The Morgan fingerprint density at radius 2 is 1.80 bits per heavy atom. The summed E-state index contributed by atoms with van der Waals surface area (Å²) in [6.07, 6.45) is 1.44. The maximum absolute atomic E-state index is 11.0. The molecule has 0 aromatic heterocycles. The number of nitrogens with one attached hydrogen (secondary N) is 1. The molecule has 4 heteroatoms. The van der Waals surface area contributed by atoms with Gasteiger partial charge in [0.15, 0.2) is 0 Å². The zero-order valence-electron chi connectivity index (χ0n) is 10.1. The Kier molecular flexibility index (Phi) is 5.83. The van der Waals surface area contributed by atoms with Gasteiger partial charge in [-0.15, -0.1) is 0 Å². The van der Waals surface area contributed by atoms with Gasteiger partial charge in [0.2, 0.25) is 0 Å². The Labute approximate surface area is 91.7 Å². The maximum Gasteiger partial charge on any atom is 0.320 e. The van der Waals surface area contributed by atoms with Gasteiger partial charge in [0, 0.05) is 5.54 Å². The molecule has 3 N–H and O–H groups in total. The molecule has 0 spiro atoms. The van der Waals surface area contributed by atoms with Crippen molar-refractivity contribution in [2.75, 3.05) is 6.61 Å². The van der Waals surface area contributed by atoms with Crippen LogP contribution in [0, 0.1) is 5.92 Å². The number of aliphatic hydroxyl groups is 1. The molecule has 0 aliphatic rings. The van der Waals surface area contributed by atoms with E-state index in [0.29, 0.717) is 0 Å². The summed E-state index contributed by atoms with van der Waals surface area (Å²) < 4.78 is 0. The van der Waals surface area contributed by atoms with E-state index in [2.05, 4.69) is 5.32 Å². The van der Waals surface area contributed by atoms with Crippen LogP contribution in [0.25, 0.3) is 0 Å². The molecule has 0 bridgehead atoms. The third-order valence-electron chi connectivity index (χ3n) is 3.05. The van der Waals surface area contributed by atoms with Gasteiger partial charge >= 0.3 is 5.97 Å². The molecule has 0 aromatic carbocycles. The van der Waals surface area contributed by atoms with Gasteiger partial charge in [0.05, 0.1) is 6.61 Å². The van der Waals surface area contributed by atoms with Crippen LogP contribution in [0.4, 0.5) is 0 Å². The minimum absolute atomic E-state index is 0.00604. The lowest BCUT2D eigenvalue weighted by molar-refractivity contribution is -0.141. The summed E-state index contributed by atoms with van der Waals surface area (Å²) in [5, 5.41) is 21.4. The molecule has 15 heavy (non-hydrogen) atoms. The number of carbonyl (C=O) groups is 1. The van der Waals surface area contributed by atoms with Crippen LogP contribution < -0.4 is 5.32 Å². The number of hydrogen-bond donors (Lipinski definition) is 3. The van der Waals surface area contributed by atoms with Gasteiger partial charge in [0.25, 0.3) is 0 Å². The van der Waals surface area contributed by atoms with Crippen molar-refractivity contribution in [1.82, 2.24) is 5.32 Å². The Morgan fingerprint density at radius 1 is 1.33 bits per heavy atom. The Balaban J connectivity index is 4.68. The molecular weight excluding hydrogens is 194 g/mol. The highest BCUT2D eigenvalue weighted by molar-refractivity contribution is 5.73. The van der Waals surface area contributed by atoms with Crippen molar-refractivity contribution in [3.05, 3.63) is 0 Å². The highest BCUT2D eigenvalue weighted by Crippen LogP contribution is 2.17. The van der Waals surface area contributed by atoms with Crippen LogP contribution in [-0.2, 0) is 4.79 Å². The van der Waals surface area contributed by atoms with Gasteiger partial charge in [-0.25, -0.2) is 0 Å². The summed E-state index contributed by atoms with van der Waals surface area (Å²) in [4.78, 5) is 11.0. The van der Waals surface area contributed by atoms with Crippen LogP contribution in [0.5, 0.6) is 0 Å². The van der Waals surface area contributed by atoms with Gasteiger partial charge in [-0.1, -0.05) is 27.7 Å². The van der Waals surface area contributed by atoms with Crippen molar-refractivity contribution >= 4 is 5.97 Å². The van der Waals surface area contributed by atoms with Gasteiger partial charge in [-0.2, -0.15) is 0 Å². The second-order valence-electron chi connectivity index (χ2n) is 4.35. The van der Waals surface area contributed by atoms with Crippen LogP contribution in [-0.4, -0.2) is 34.4 Å². The molecule has 0 saturated heterocycles. The second-order valence-corrected chi connectivity index (χ2v) is 4.35. The Hall–Kier alpha value is -0.610. The number of hydrogen-bond acceptors (Lipinski definition) is 3. The van der Waals surface area contributed by atoms with Gasteiger partial charge < -0.3 is 10.2 Å². The first-order chi connectivity index (χ1) is 6.92. The third-order valence-corrected chi connectivity index (χ3v) is 3.05. The summed E-state index contributed by atoms with van der Waals surface area (Å²) in [6, 6.07) is -0.600. The summed E-state index contributed by atoms with van der Waals surface area (Å²) in [5.74, 6) is -0.851. The fourth-order valence-corrected chi connectivity index (χ4v) is 1.57. The van der Waals surface area contributed by atoms with E-state index in [1.807, 2.05) is 27.7 Å². The standard InChI is InChI=1S/C11H23NO3/c1-5-11(6-2,7-13)12-9(8(3)4)10(14)15/h8-9,12-13H,5-7H2,1-4H3,(H,14,15). The topological polar surface area (TPSA) is 69.6 Å². The van der Waals surface area contributed by atoms with Crippen LogP contribution in [0.3, 0.4) is 0 Å². The molecule has 0 heterocycles. The van der Waals surface area contributed by atoms with Crippen molar-refractivity contribution in [3.63, 3.8) is 0 Å². The van der Waals surface area contributed by atoms with Crippen LogP contribution in [0.1, 0.15) is 40.5 Å². The molecule has 0 rings (SSSR count). The molecule has 1 unspecified atom stereocenters. The van der Waals surface area contributed by atoms with E-state index in [1.165, 1.54) is 0 Å². The van der Waals surface area contributed by atoms with Gasteiger partial charge in [0.1, 0.15) is 6.04 Å². The van der Waals surface area contributed by atoms with E-state index in [4.69, 9.17) is 5.11 Å². The fourth-order valence-electron chi connectivity index (χ4n) is 1.57. The molecule has 0 saturated carbocycles. The second kappa shape index (κ2) is 6.08. The lowest BCUT2D eigenvalue weighted by Crippen LogP contribution is -2.56. The first-order valence-electron chi connectivity index (χ1n) is 5.53. The molecule has 0 fully saturated rings. The average molecular weight is 217 g/mol. The first kappa shape index (κ1) is 14.4. The fraction of sp³-hybridized carbons (Fsp3) is 0.909. The zero-order chi connectivity index (χ0) is 12.1. The third kappa shape index (κ3) is 3.80. The van der Waals surface area contributed by atoms with Gasteiger partial charge in [-0.05, 0) is 18.8 Å². The average Bonchev–Trinajstić information content (AvgIpc) is 2.20. The summed E-state index contributed by atoms with van der Waals surface area (Å²) in [5.41, 5.74) is -0.465. The van der Waals surface area contributed by atoms with E-state index >= 15 is 0 Å². The van der Waals surface area contributed by atoms with Crippen molar-refractivity contribution in [2.24, 2.45) is 5.92 Å². The number of aliphatic hydroxyl groups excluding tert-OH is 1. The number of aliphatic carboxylic acids is 1. The van der Waals surface area contributed by atoms with E-state index in [1.54, 1.807) is 0 Å². The van der Waals surface area contributed by atoms with Crippen molar-refractivity contribution in [1.29, 1.82) is 0 Å². The molecule has 1 atom stereocenters. The monoisotopic (exact) mass is 217 g/mol. The lowest BCUT2D eigenvalue weighted by atomic mass is 9.90. The van der Waals surface area contributed by atoms with Crippen LogP contribution >= 0.6 is 0 Å². The van der Waals surface area contributed by atoms with E-state index in [9.17, 15) is 9.90 Å². The highest BCUT2D eigenvalue weighted by atomic mass is 16.4. The van der Waals surface area contributed by atoms with E-state index in [-0.39, 0.29) is 12.5 Å². The van der Waals surface area contributed by atoms with Gasteiger partial charge in [-0.3, -0.25) is 10.1 Å². The molecule has 0 aliphatic heterocycles. The predicted molar refractivity (Wildman–Crippen MR) is 59.8 cm³/mol. The first-order valence-corrected chi connectivity index (χ1v) is 5.53. The lowest BCUT2D eigenvalue weighted by Gasteiger charge is -2.35. The van der Waals surface area contributed by atoms with Crippen molar-refractivity contribution < 1.29 is 15.0 Å². The molecule has 0 amide bonds. The molecule has 0 aromatic rings. The Bertz CT molecular complexity index is 192. The molecule has 4 nitrogen and oxygen atoms in total. The summed E-state index contributed by atoms with van der Waals surface area (Å²) in [7, 11) is 0. The minimum Gasteiger partial charge on any atom is -0.480 e. The van der Waals surface area contributed by atoms with Crippen molar-refractivity contribution in [3.8, 4) is 0 Å². The Morgan fingerprint density at radius 3 is 2.00 bits per heavy atom. The summed E-state index contributed by atoms with van der Waals surface area (Å²) >= 11 is 0. The number of carboxylic acid groups (broad SMARTS) is 1. The van der Waals surface area contributed by atoms with E-state index < -0.39 is 17.6 Å². The smallest absolute Gasteiger partial charge is 0.320 e. The summed E-state index contributed by atoms with van der Waals surface area (Å²) in [6.45, 7) is 7.59. The number of rotatable bonds is 7. The minimum atomic E-state index is -0.857. The van der Waals surface area contributed by atoms with E-state index in [0.717, 1.165) is 12.8 Å². The maximum atomic E-state index is 11.0. The van der Waals surface area contributed by atoms with Crippen LogP contribution in [0.15, 0.2) is 0 Å². The highest BCUT2D eigenvalue weighted by Gasteiger charge is 2.32. The zero-order valence-corrected chi connectivity index (χ0v) is 10.1. The largest absolute Gasteiger partial charge is 0.480 e. The van der Waals surface area contributed by atoms with Crippen molar-refractivity contribution in [2.45, 2.75) is 52.1 Å². The molecule has 90 valence electrons. The number of carboxylic acids is 1. The molecule has 0 radical (unpaired) electrons. The SMILES string of the molecule is CCC(CC)(CO)NC(C(=O)O)C(C)C. The molecular formula is C11H23NO3. The quantitative estimate of drug-likeness (QED) is 0.600. The predicted octanol–water partition coefficient (Wildman–Crippen LogP) is 1.24.